The first-order chi connectivity index (χ1) is 10.4. The van der Waals surface area contributed by atoms with Gasteiger partial charge in [0.1, 0.15) is 6.04 Å². The number of Topliss-reactive ketones (excluding diaryl/α,β-unsaturated/α-hetero) is 1. The van der Waals surface area contributed by atoms with Crippen molar-refractivity contribution in [3.05, 3.63) is 35.9 Å². The highest BCUT2D eigenvalue weighted by Crippen LogP contribution is 2.31. The van der Waals surface area contributed by atoms with Crippen molar-refractivity contribution >= 4 is 11.8 Å². The van der Waals surface area contributed by atoms with Crippen LogP contribution < -0.4 is 0 Å². The summed E-state index contributed by atoms with van der Waals surface area (Å²) in [6.07, 6.45) is 0. The first-order valence-corrected chi connectivity index (χ1v) is 7.90. The monoisotopic (exact) mass is 305 g/mol. The van der Waals surface area contributed by atoms with Crippen LogP contribution in [0.3, 0.4) is 0 Å². The highest BCUT2D eigenvalue weighted by atomic mass is 16.5. The number of ketones is 1. The number of ether oxygens (including phenoxy) is 1. The van der Waals surface area contributed by atoms with E-state index in [0.29, 0.717) is 25.3 Å². The Morgan fingerprint density at radius 2 is 1.64 bits per heavy atom. The van der Waals surface area contributed by atoms with Gasteiger partial charge in [0.05, 0.1) is 12.0 Å². The van der Waals surface area contributed by atoms with Gasteiger partial charge in [0.15, 0.2) is 5.78 Å². The van der Waals surface area contributed by atoms with Crippen LogP contribution in [0.15, 0.2) is 30.3 Å². The van der Waals surface area contributed by atoms with Crippen LogP contribution in [-0.4, -0.2) is 42.4 Å². The number of nitrogens with zero attached hydrogens (tertiary/aromatic N) is 1. The smallest absolute Gasteiger partial charge is 0.324 e. The molecule has 4 heteroatoms. The fourth-order valence-corrected chi connectivity index (χ4v) is 2.80. The van der Waals surface area contributed by atoms with Gasteiger partial charge in [0.25, 0.3) is 0 Å². The summed E-state index contributed by atoms with van der Waals surface area (Å²) < 4.78 is 5.23. The largest absolute Gasteiger partial charge is 0.465 e. The molecule has 0 aliphatic heterocycles. The summed E-state index contributed by atoms with van der Waals surface area (Å²) in [4.78, 5) is 27.4. The van der Waals surface area contributed by atoms with E-state index in [9.17, 15) is 9.59 Å². The minimum atomic E-state index is -0.861. The van der Waals surface area contributed by atoms with Gasteiger partial charge < -0.3 is 4.74 Å². The average Bonchev–Trinajstić information content (AvgIpc) is 2.52. The third kappa shape index (κ3) is 3.95. The number of hydrogen-bond acceptors (Lipinski definition) is 4. The Morgan fingerprint density at radius 3 is 2.09 bits per heavy atom. The van der Waals surface area contributed by atoms with E-state index in [1.165, 1.54) is 0 Å². The van der Waals surface area contributed by atoms with E-state index in [4.69, 9.17) is 4.74 Å². The lowest BCUT2D eigenvalue weighted by Gasteiger charge is -2.38. The lowest BCUT2D eigenvalue weighted by molar-refractivity contribution is -0.153. The predicted octanol–water partition coefficient (Wildman–Crippen LogP) is 3.17. The van der Waals surface area contributed by atoms with Gasteiger partial charge in [-0.2, -0.15) is 0 Å². The van der Waals surface area contributed by atoms with Crippen molar-refractivity contribution in [2.24, 2.45) is 5.41 Å². The Bertz CT molecular complexity index is 492. The zero-order valence-corrected chi connectivity index (χ0v) is 14.3. The number of hydrogen-bond donors (Lipinski definition) is 0. The van der Waals surface area contributed by atoms with E-state index >= 15 is 0 Å². The van der Waals surface area contributed by atoms with Crippen LogP contribution in [0, 0.1) is 5.41 Å². The van der Waals surface area contributed by atoms with E-state index in [0.717, 1.165) is 0 Å². The molecule has 0 N–H and O–H groups in total. The fraction of sp³-hybridized carbons (Fsp3) is 0.556. The van der Waals surface area contributed by atoms with Gasteiger partial charge in [-0.1, -0.05) is 58.0 Å². The van der Waals surface area contributed by atoms with E-state index in [2.05, 4.69) is 0 Å². The number of likely N-dealkylation sites (N-methyl/N-ethyl adjacent to an activating group) is 1. The molecule has 0 fully saturated rings. The lowest BCUT2D eigenvalue weighted by Crippen LogP contribution is -2.54. The van der Waals surface area contributed by atoms with E-state index < -0.39 is 11.5 Å². The summed E-state index contributed by atoms with van der Waals surface area (Å²) in [5, 5.41) is 0. The second-order valence-corrected chi connectivity index (χ2v) is 5.79. The molecule has 4 nitrogen and oxygen atoms in total. The van der Waals surface area contributed by atoms with Crippen LogP contribution in [0.25, 0.3) is 0 Å². The molecule has 122 valence electrons. The van der Waals surface area contributed by atoms with Crippen LogP contribution in [0.1, 0.15) is 45.0 Å². The first kappa shape index (κ1) is 18.4. The molecule has 1 aromatic carbocycles. The van der Waals surface area contributed by atoms with Crippen LogP contribution in [0.5, 0.6) is 0 Å². The Kier molecular flexibility index (Phi) is 6.75. The molecule has 0 radical (unpaired) electrons. The van der Waals surface area contributed by atoms with Gasteiger partial charge >= 0.3 is 5.97 Å². The van der Waals surface area contributed by atoms with Crippen LogP contribution in [-0.2, 0) is 9.53 Å². The molecule has 0 aliphatic rings. The molecule has 0 bridgehead atoms. The summed E-state index contributed by atoms with van der Waals surface area (Å²) in [6.45, 7) is 11.1. The zero-order valence-electron chi connectivity index (χ0n) is 14.3. The average molecular weight is 305 g/mol. The van der Waals surface area contributed by atoms with Crippen molar-refractivity contribution in [1.82, 2.24) is 4.90 Å². The summed E-state index contributed by atoms with van der Waals surface area (Å²) in [5.41, 5.74) is -0.242. The third-order valence-corrected chi connectivity index (χ3v) is 3.99. The Labute approximate surface area is 133 Å². The number of rotatable bonds is 8. The number of carbonyl (C=O) groups excluding carboxylic acids is 2. The molecule has 0 heterocycles. The van der Waals surface area contributed by atoms with Gasteiger partial charge in [0, 0.05) is 5.56 Å². The number of carbonyl (C=O) groups is 2. The van der Waals surface area contributed by atoms with Crippen molar-refractivity contribution in [3.8, 4) is 0 Å². The molecule has 22 heavy (non-hydrogen) atoms. The predicted molar refractivity (Wildman–Crippen MR) is 87.9 cm³/mol. The van der Waals surface area contributed by atoms with E-state index in [1.54, 1.807) is 19.1 Å². The maximum atomic E-state index is 12.9. The SMILES string of the molecule is CCOC(=O)C(N(CC)CC)C(C)(C)C(=O)c1ccccc1. The summed E-state index contributed by atoms with van der Waals surface area (Å²) in [7, 11) is 0. The van der Waals surface area contributed by atoms with Crippen LogP contribution in [0.4, 0.5) is 0 Å². The van der Waals surface area contributed by atoms with Crippen molar-refractivity contribution in [2.75, 3.05) is 19.7 Å². The topological polar surface area (TPSA) is 46.6 Å². The molecule has 1 aromatic rings. The summed E-state index contributed by atoms with van der Waals surface area (Å²) >= 11 is 0. The molecule has 0 spiro atoms. The van der Waals surface area contributed by atoms with Crippen molar-refractivity contribution in [2.45, 2.75) is 40.7 Å². The van der Waals surface area contributed by atoms with Crippen LogP contribution in [0.2, 0.25) is 0 Å². The van der Waals surface area contributed by atoms with E-state index in [1.807, 2.05) is 50.8 Å². The fourth-order valence-electron chi connectivity index (χ4n) is 2.80. The Hall–Kier alpha value is -1.68. The second-order valence-electron chi connectivity index (χ2n) is 5.79. The highest BCUT2D eigenvalue weighted by Gasteiger charge is 2.45. The van der Waals surface area contributed by atoms with Gasteiger partial charge in [0.2, 0.25) is 0 Å². The normalized spacial score (nSPS) is 13.0. The molecule has 1 rings (SSSR count). The minimum absolute atomic E-state index is 0.0435. The van der Waals surface area contributed by atoms with Crippen molar-refractivity contribution < 1.29 is 14.3 Å². The van der Waals surface area contributed by atoms with Gasteiger partial charge in [-0.25, -0.2) is 0 Å². The number of benzene rings is 1. The van der Waals surface area contributed by atoms with Crippen LogP contribution >= 0.6 is 0 Å². The third-order valence-electron chi connectivity index (χ3n) is 3.99. The maximum absolute atomic E-state index is 12.9. The molecule has 1 unspecified atom stereocenters. The lowest BCUT2D eigenvalue weighted by atomic mass is 9.76. The molecule has 1 atom stereocenters. The zero-order chi connectivity index (χ0) is 16.8. The number of esters is 1. The quantitative estimate of drug-likeness (QED) is 0.547. The Balaban J connectivity index is 3.20. The molecule has 0 saturated carbocycles. The molecule has 0 aliphatic carbocycles. The molecule has 0 aromatic heterocycles. The summed E-state index contributed by atoms with van der Waals surface area (Å²) in [5.74, 6) is -0.376. The molecular weight excluding hydrogens is 278 g/mol. The molecule has 0 amide bonds. The van der Waals surface area contributed by atoms with Gasteiger partial charge in [-0.15, -0.1) is 0 Å². The molecular formula is C18H27NO3. The second kappa shape index (κ2) is 8.08. The summed E-state index contributed by atoms with van der Waals surface area (Å²) in [6, 6.07) is 8.52. The van der Waals surface area contributed by atoms with Gasteiger partial charge in [-0.3, -0.25) is 14.5 Å². The molecule has 0 saturated heterocycles. The van der Waals surface area contributed by atoms with Gasteiger partial charge in [-0.05, 0) is 20.0 Å². The van der Waals surface area contributed by atoms with Crippen molar-refractivity contribution in [1.29, 1.82) is 0 Å². The van der Waals surface area contributed by atoms with Crippen molar-refractivity contribution in [3.63, 3.8) is 0 Å². The van der Waals surface area contributed by atoms with E-state index in [-0.39, 0.29) is 11.8 Å². The first-order valence-electron chi connectivity index (χ1n) is 7.90. The minimum Gasteiger partial charge on any atom is -0.465 e. The maximum Gasteiger partial charge on any atom is 0.324 e. The Morgan fingerprint density at radius 1 is 1.09 bits per heavy atom. The standard InChI is InChI=1S/C18H27NO3/c1-6-19(7-2)15(17(21)22-8-3)18(4,5)16(20)14-12-10-9-11-13-14/h9-13,15H,6-8H2,1-5H3. The highest BCUT2D eigenvalue weighted by molar-refractivity contribution is 6.03.